The van der Waals surface area contributed by atoms with E-state index in [1.165, 1.54) is 11.3 Å². The summed E-state index contributed by atoms with van der Waals surface area (Å²) >= 11 is 5.65. The molecule has 0 radical (unpaired) electrons. The average Bonchev–Trinajstić information content (AvgIpc) is 2.83. The van der Waals surface area contributed by atoms with Gasteiger partial charge in [0, 0.05) is 23.4 Å². The molecule has 0 atom stereocenters. The summed E-state index contributed by atoms with van der Waals surface area (Å²) in [5, 5.41) is 10.6. The molecule has 1 aromatic rings. The van der Waals surface area contributed by atoms with Gasteiger partial charge in [-0.3, -0.25) is 4.79 Å². The Kier molecular flexibility index (Phi) is 5.05. The summed E-state index contributed by atoms with van der Waals surface area (Å²) in [5.74, 6) is 0.0842. The molecule has 0 bridgehead atoms. The molecule has 1 aliphatic rings. The molecule has 0 aromatic carbocycles. The lowest BCUT2D eigenvalue weighted by Gasteiger charge is -2.31. The van der Waals surface area contributed by atoms with Gasteiger partial charge >= 0.3 is 0 Å². The fraction of sp³-hybridized carbons (Fsp3) is 0.583. The summed E-state index contributed by atoms with van der Waals surface area (Å²) < 4.78 is 5.47. The van der Waals surface area contributed by atoms with Crippen molar-refractivity contribution in [2.45, 2.75) is 23.8 Å². The van der Waals surface area contributed by atoms with Crippen LogP contribution in [-0.2, 0) is 4.74 Å². The van der Waals surface area contributed by atoms with Gasteiger partial charge in [-0.2, -0.15) is 0 Å². The molecule has 1 saturated heterocycles. The molecule has 18 heavy (non-hydrogen) atoms. The first kappa shape index (κ1) is 13.9. The highest BCUT2D eigenvalue weighted by atomic mass is 32.1. The van der Waals surface area contributed by atoms with Crippen LogP contribution in [0.15, 0.2) is 16.3 Å². The number of carbonyl (C=O) groups is 1. The van der Waals surface area contributed by atoms with Crippen LogP contribution < -0.4 is 0 Å². The topological polar surface area (TPSA) is 49.8 Å². The van der Waals surface area contributed by atoms with Crippen LogP contribution in [0.25, 0.3) is 0 Å². The van der Waals surface area contributed by atoms with Crippen molar-refractivity contribution < 1.29 is 14.6 Å². The van der Waals surface area contributed by atoms with E-state index >= 15 is 0 Å². The minimum Gasteiger partial charge on any atom is -0.394 e. The summed E-state index contributed by atoms with van der Waals surface area (Å²) in [6, 6.07) is 1.81. The van der Waals surface area contributed by atoms with Crippen molar-refractivity contribution in [3.63, 3.8) is 0 Å². The van der Waals surface area contributed by atoms with Gasteiger partial charge in [0.2, 0.25) is 0 Å². The Morgan fingerprint density at radius 1 is 1.56 bits per heavy atom. The van der Waals surface area contributed by atoms with Gasteiger partial charge in [-0.25, -0.2) is 0 Å². The minimum absolute atomic E-state index is 0.0546. The zero-order valence-electron chi connectivity index (χ0n) is 10.0. The van der Waals surface area contributed by atoms with Gasteiger partial charge in [0.15, 0.2) is 0 Å². The van der Waals surface area contributed by atoms with Gasteiger partial charge < -0.3 is 14.7 Å². The van der Waals surface area contributed by atoms with Crippen molar-refractivity contribution in [1.82, 2.24) is 4.90 Å². The molecule has 1 N–H and O–H groups in total. The second-order valence-corrected chi connectivity index (χ2v) is 5.68. The van der Waals surface area contributed by atoms with Crippen molar-refractivity contribution in [2.24, 2.45) is 0 Å². The van der Waals surface area contributed by atoms with E-state index in [2.05, 4.69) is 12.6 Å². The number of ether oxygens (including phenoxy) is 1. The Labute approximate surface area is 116 Å². The van der Waals surface area contributed by atoms with Crippen LogP contribution in [0.2, 0.25) is 0 Å². The molecular formula is C12H17NO3S2. The summed E-state index contributed by atoms with van der Waals surface area (Å²) in [5.41, 5.74) is 0. The van der Waals surface area contributed by atoms with Gasteiger partial charge in [0.1, 0.15) is 0 Å². The third-order valence-electron chi connectivity index (χ3n) is 2.97. The second-order valence-electron chi connectivity index (χ2n) is 4.26. The largest absolute Gasteiger partial charge is 0.394 e. The number of piperidine rings is 1. The predicted molar refractivity (Wildman–Crippen MR) is 73.5 cm³/mol. The zero-order valence-corrected chi connectivity index (χ0v) is 11.8. The third-order valence-corrected chi connectivity index (χ3v) is 4.32. The highest BCUT2D eigenvalue weighted by Crippen LogP contribution is 2.22. The van der Waals surface area contributed by atoms with Crippen LogP contribution in [0.5, 0.6) is 0 Å². The second kappa shape index (κ2) is 6.56. The molecule has 2 rings (SSSR count). The van der Waals surface area contributed by atoms with Crippen molar-refractivity contribution in [3.8, 4) is 0 Å². The quantitative estimate of drug-likeness (QED) is 0.828. The Morgan fingerprint density at radius 3 is 2.83 bits per heavy atom. The number of aliphatic hydroxyl groups is 1. The highest BCUT2D eigenvalue weighted by Gasteiger charge is 2.24. The number of nitrogens with zero attached hydrogens (tertiary/aromatic N) is 1. The van der Waals surface area contributed by atoms with E-state index in [0.717, 1.165) is 22.6 Å². The number of hydrogen-bond donors (Lipinski definition) is 2. The van der Waals surface area contributed by atoms with Gasteiger partial charge in [0.25, 0.3) is 5.91 Å². The molecule has 2 heterocycles. The number of thiophene rings is 1. The van der Waals surface area contributed by atoms with Crippen molar-refractivity contribution in [1.29, 1.82) is 0 Å². The van der Waals surface area contributed by atoms with Gasteiger partial charge in [-0.15, -0.1) is 24.0 Å². The molecule has 4 nitrogen and oxygen atoms in total. The lowest BCUT2D eigenvalue weighted by Crippen LogP contribution is -2.40. The molecule has 1 amide bonds. The van der Waals surface area contributed by atoms with E-state index in [-0.39, 0.29) is 18.6 Å². The Hall–Kier alpha value is -0.560. The lowest BCUT2D eigenvalue weighted by atomic mass is 10.1. The maximum absolute atomic E-state index is 12.2. The molecule has 100 valence electrons. The first-order valence-corrected chi connectivity index (χ1v) is 7.32. The summed E-state index contributed by atoms with van der Waals surface area (Å²) in [7, 11) is 0. The summed E-state index contributed by atoms with van der Waals surface area (Å²) in [6.45, 7) is 1.87. The van der Waals surface area contributed by atoms with E-state index < -0.39 is 0 Å². The molecule has 0 aliphatic carbocycles. The van der Waals surface area contributed by atoms with E-state index in [4.69, 9.17) is 9.84 Å². The zero-order chi connectivity index (χ0) is 13.0. The lowest BCUT2D eigenvalue weighted by molar-refractivity contribution is -0.00545. The van der Waals surface area contributed by atoms with Crippen LogP contribution in [0.1, 0.15) is 22.5 Å². The molecule has 0 spiro atoms. The predicted octanol–water partition coefficient (Wildman–Crippen LogP) is 1.65. The maximum Gasteiger partial charge on any atom is 0.263 e. The fourth-order valence-electron chi connectivity index (χ4n) is 2.04. The molecule has 6 heteroatoms. The Morgan fingerprint density at radius 2 is 2.28 bits per heavy atom. The van der Waals surface area contributed by atoms with Crippen LogP contribution in [0.3, 0.4) is 0 Å². The number of aliphatic hydroxyl groups excluding tert-OH is 1. The maximum atomic E-state index is 12.2. The van der Waals surface area contributed by atoms with Crippen LogP contribution in [0, 0.1) is 0 Å². The molecular weight excluding hydrogens is 270 g/mol. The smallest absolute Gasteiger partial charge is 0.263 e. The fourth-order valence-corrected chi connectivity index (χ4v) is 3.15. The van der Waals surface area contributed by atoms with Crippen LogP contribution in [0.4, 0.5) is 0 Å². The Bertz CT molecular complexity index is 400. The molecule has 1 aliphatic heterocycles. The van der Waals surface area contributed by atoms with Crippen LogP contribution >= 0.6 is 24.0 Å². The van der Waals surface area contributed by atoms with Crippen molar-refractivity contribution in [3.05, 3.63) is 16.3 Å². The standard InChI is InChI=1S/C12H17NO3S2/c14-5-6-16-9-1-3-13(4-2-9)12(15)11-7-10(17)8-18-11/h7-9,14,17H,1-6H2. The number of likely N-dealkylation sites (tertiary alicyclic amines) is 1. The van der Waals surface area contributed by atoms with Gasteiger partial charge in [-0.05, 0) is 18.9 Å². The number of rotatable bonds is 4. The molecule has 1 aromatic heterocycles. The number of thiol groups is 1. The van der Waals surface area contributed by atoms with E-state index in [1.54, 1.807) is 0 Å². The van der Waals surface area contributed by atoms with Gasteiger partial charge in [0.05, 0.1) is 24.2 Å². The van der Waals surface area contributed by atoms with Crippen LogP contribution in [-0.4, -0.2) is 48.3 Å². The molecule has 0 unspecified atom stereocenters. The first-order valence-electron chi connectivity index (χ1n) is 6.00. The highest BCUT2D eigenvalue weighted by molar-refractivity contribution is 7.80. The number of carbonyl (C=O) groups excluding carboxylic acids is 1. The van der Waals surface area contributed by atoms with Crippen molar-refractivity contribution in [2.75, 3.05) is 26.3 Å². The van der Waals surface area contributed by atoms with E-state index in [0.29, 0.717) is 19.7 Å². The summed E-state index contributed by atoms with van der Waals surface area (Å²) in [4.78, 5) is 15.6. The molecule has 1 fully saturated rings. The molecule has 0 saturated carbocycles. The number of amides is 1. The van der Waals surface area contributed by atoms with Crippen molar-refractivity contribution >= 4 is 29.9 Å². The van der Waals surface area contributed by atoms with E-state index in [1.807, 2.05) is 16.3 Å². The number of hydrogen-bond acceptors (Lipinski definition) is 5. The third kappa shape index (κ3) is 3.47. The monoisotopic (exact) mass is 287 g/mol. The normalized spacial score (nSPS) is 17.1. The first-order chi connectivity index (χ1) is 8.70. The minimum atomic E-state index is 0.0546. The van der Waals surface area contributed by atoms with Gasteiger partial charge in [-0.1, -0.05) is 0 Å². The Balaban J connectivity index is 1.84. The SMILES string of the molecule is O=C(c1cc(S)cs1)N1CCC(OCCO)CC1. The summed E-state index contributed by atoms with van der Waals surface area (Å²) in [6.07, 6.45) is 1.85. The van der Waals surface area contributed by atoms with E-state index in [9.17, 15) is 4.79 Å². The average molecular weight is 287 g/mol.